The summed E-state index contributed by atoms with van der Waals surface area (Å²) in [4.78, 5) is -0.0307. The third-order valence-electron chi connectivity index (χ3n) is 3.11. The number of hydrogen-bond acceptors (Lipinski definition) is 1. The fraction of sp³-hybridized carbons (Fsp3) is 0.125. The van der Waals surface area contributed by atoms with Crippen molar-refractivity contribution in [2.45, 2.75) is 11.2 Å². The number of benzene rings is 2. The smallest absolute Gasteiger partial charge is 0.134 e. The Morgan fingerprint density at radius 2 is 1.79 bits per heavy atom. The molecule has 1 aromatic heterocycles. The van der Waals surface area contributed by atoms with Crippen molar-refractivity contribution in [3.8, 4) is 0 Å². The van der Waals surface area contributed by atoms with Crippen LogP contribution in [0.3, 0.4) is 0 Å². The fourth-order valence-electron chi connectivity index (χ4n) is 2.11. The van der Waals surface area contributed by atoms with E-state index in [-0.39, 0.29) is 10.6 Å². The van der Waals surface area contributed by atoms with Crippen LogP contribution < -0.4 is 0 Å². The average molecular weight is 319 g/mol. The maximum atomic E-state index is 13.6. The number of hydrogen-bond donors (Lipinski definition) is 0. The van der Waals surface area contributed by atoms with Crippen LogP contribution in [0.1, 0.15) is 16.2 Å². The molecule has 1 unspecified atom stereocenters. The van der Waals surface area contributed by atoms with Crippen molar-refractivity contribution in [3.05, 3.63) is 71.7 Å². The van der Waals surface area contributed by atoms with Gasteiger partial charge in [-0.3, -0.25) is 0 Å². The van der Waals surface area contributed by atoms with E-state index in [1.165, 1.54) is 6.07 Å². The van der Waals surface area contributed by atoms with E-state index in [2.05, 4.69) is 15.9 Å². The molecule has 0 aliphatic heterocycles. The largest absolute Gasteiger partial charge is 0.460 e. The van der Waals surface area contributed by atoms with Crippen LogP contribution in [0.2, 0.25) is 0 Å². The molecule has 3 aromatic rings. The number of para-hydroxylation sites is 1. The highest BCUT2D eigenvalue weighted by molar-refractivity contribution is 9.09. The molecule has 0 spiro atoms. The van der Waals surface area contributed by atoms with E-state index >= 15 is 0 Å². The number of halogens is 2. The molecule has 2 aromatic carbocycles. The summed E-state index contributed by atoms with van der Waals surface area (Å²) in [6.07, 6.45) is 0.562. The molecule has 0 amide bonds. The molecule has 3 heteroatoms. The van der Waals surface area contributed by atoms with E-state index in [0.29, 0.717) is 12.0 Å². The zero-order valence-electron chi connectivity index (χ0n) is 10.1. The number of alkyl halides is 1. The second-order valence-corrected chi connectivity index (χ2v) is 5.55. The van der Waals surface area contributed by atoms with Crippen molar-refractivity contribution in [1.29, 1.82) is 0 Å². The van der Waals surface area contributed by atoms with Crippen LogP contribution in [0.4, 0.5) is 4.39 Å². The molecular formula is C16H12BrFO. The van der Waals surface area contributed by atoms with Gasteiger partial charge in [0.1, 0.15) is 17.2 Å². The first-order valence-corrected chi connectivity index (χ1v) is 7.01. The van der Waals surface area contributed by atoms with Gasteiger partial charge in [0.25, 0.3) is 0 Å². The topological polar surface area (TPSA) is 13.1 Å². The van der Waals surface area contributed by atoms with Crippen LogP contribution in [0, 0.1) is 5.82 Å². The van der Waals surface area contributed by atoms with Crippen molar-refractivity contribution < 1.29 is 8.81 Å². The van der Waals surface area contributed by atoms with Gasteiger partial charge >= 0.3 is 0 Å². The number of rotatable bonds is 3. The summed E-state index contributed by atoms with van der Waals surface area (Å²) in [5.74, 6) is 0.646. The Labute approximate surface area is 119 Å². The predicted molar refractivity (Wildman–Crippen MR) is 78.0 cm³/mol. The van der Waals surface area contributed by atoms with Crippen molar-refractivity contribution >= 4 is 26.9 Å². The molecule has 0 radical (unpaired) electrons. The molecule has 96 valence electrons. The summed E-state index contributed by atoms with van der Waals surface area (Å²) in [6, 6.07) is 16.7. The highest BCUT2D eigenvalue weighted by Gasteiger charge is 2.15. The molecule has 0 saturated carbocycles. The standard InChI is InChI=1S/C16H12BrFO/c17-13(9-11-5-1-3-7-14(11)18)16-10-12-6-2-4-8-15(12)19-16/h1-8,10,13H,9H2. The molecule has 3 rings (SSSR count). The Morgan fingerprint density at radius 3 is 2.58 bits per heavy atom. The molecule has 19 heavy (non-hydrogen) atoms. The Hall–Kier alpha value is -1.61. The van der Waals surface area contributed by atoms with Gasteiger partial charge in [-0.15, -0.1) is 0 Å². The van der Waals surface area contributed by atoms with Gasteiger partial charge < -0.3 is 4.42 Å². The molecule has 0 saturated heterocycles. The van der Waals surface area contributed by atoms with Crippen molar-refractivity contribution in [3.63, 3.8) is 0 Å². The maximum Gasteiger partial charge on any atom is 0.134 e. The summed E-state index contributed by atoms with van der Waals surface area (Å²) in [5, 5.41) is 1.07. The summed E-state index contributed by atoms with van der Waals surface area (Å²) in [5.41, 5.74) is 1.54. The molecule has 0 aliphatic carbocycles. The maximum absolute atomic E-state index is 13.6. The minimum Gasteiger partial charge on any atom is -0.460 e. The molecule has 0 aliphatic rings. The van der Waals surface area contributed by atoms with Crippen LogP contribution >= 0.6 is 15.9 Å². The molecule has 0 N–H and O–H groups in total. The highest BCUT2D eigenvalue weighted by atomic mass is 79.9. The van der Waals surface area contributed by atoms with Crippen LogP contribution in [-0.4, -0.2) is 0 Å². The molecule has 0 bridgehead atoms. The van der Waals surface area contributed by atoms with Gasteiger partial charge in [-0.2, -0.15) is 0 Å². The van der Waals surface area contributed by atoms with E-state index < -0.39 is 0 Å². The predicted octanol–water partition coefficient (Wildman–Crippen LogP) is 5.25. The van der Waals surface area contributed by atoms with E-state index in [0.717, 1.165) is 16.7 Å². The zero-order valence-corrected chi connectivity index (χ0v) is 11.7. The average Bonchev–Trinajstić information content (AvgIpc) is 2.85. The monoisotopic (exact) mass is 318 g/mol. The van der Waals surface area contributed by atoms with E-state index in [1.54, 1.807) is 12.1 Å². The molecule has 1 atom stereocenters. The Bertz CT molecular complexity index is 672. The van der Waals surface area contributed by atoms with Gasteiger partial charge in [0.05, 0.1) is 4.83 Å². The second kappa shape index (κ2) is 5.17. The first-order chi connectivity index (χ1) is 9.24. The Balaban J connectivity index is 1.87. The molecule has 1 nitrogen and oxygen atoms in total. The van der Waals surface area contributed by atoms with E-state index in [4.69, 9.17) is 4.42 Å². The van der Waals surface area contributed by atoms with Crippen LogP contribution in [0.5, 0.6) is 0 Å². The van der Waals surface area contributed by atoms with Crippen LogP contribution in [-0.2, 0) is 6.42 Å². The lowest BCUT2D eigenvalue weighted by Crippen LogP contribution is -1.96. The van der Waals surface area contributed by atoms with Crippen molar-refractivity contribution in [1.82, 2.24) is 0 Å². The zero-order chi connectivity index (χ0) is 13.2. The van der Waals surface area contributed by atoms with E-state index in [1.807, 2.05) is 36.4 Å². The van der Waals surface area contributed by atoms with Crippen molar-refractivity contribution in [2.24, 2.45) is 0 Å². The van der Waals surface area contributed by atoms with Crippen LogP contribution in [0.25, 0.3) is 11.0 Å². The highest BCUT2D eigenvalue weighted by Crippen LogP contribution is 2.32. The van der Waals surface area contributed by atoms with Gasteiger partial charge in [-0.1, -0.05) is 52.3 Å². The SMILES string of the molecule is Fc1ccccc1CC(Br)c1cc2ccccc2o1. The number of furan rings is 1. The lowest BCUT2D eigenvalue weighted by Gasteiger charge is -2.07. The quantitative estimate of drug-likeness (QED) is 0.601. The normalized spacial score (nSPS) is 12.7. The van der Waals surface area contributed by atoms with Gasteiger partial charge in [0.15, 0.2) is 0 Å². The van der Waals surface area contributed by atoms with Gasteiger partial charge in [-0.05, 0) is 30.2 Å². The summed E-state index contributed by atoms with van der Waals surface area (Å²) >= 11 is 3.57. The summed E-state index contributed by atoms with van der Waals surface area (Å²) < 4.78 is 19.4. The first kappa shape index (κ1) is 12.4. The second-order valence-electron chi connectivity index (χ2n) is 4.45. The lowest BCUT2D eigenvalue weighted by molar-refractivity contribution is 0.539. The summed E-state index contributed by atoms with van der Waals surface area (Å²) in [6.45, 7) is 0. The molecule has 0 fully saturated rings. The lowest BCUT2D eigenvalue weighted by atomic mass is 10.1. The Kier molecular flexibility index (Phi) is 3.38. The Morgan fingerprint density at radius 1 is 1.05 bits per heavy atom. The minimum absolute atomic E-state index is 0.0307. The van der Waals surface area contributed by atoms with E-state index in [9.17, 15) is 4.39 Å². The molecule has 1 heterocycles. The molecular weight excluding hydrogens is 307 g/mol. The van der Waals surface area contributed by atoms with Crippen molar-refractivity contribution in [2.75, 3.05) is 0 Å². The number of fused-ring (bicyclic) bond motifs is 1. The van der Waals surface area contributed by atoms with Gasteiger partial charge in [0.2, 0.25) is 0 Å². The minimum atomic E-state index is -0.178. The first-order valence-electron chi connectivity index (χ1n) is 6.10. The fourth-order valence-corrected chi connectivity index (χ4v) is 2.69. The third kappa shape index (κ3) is 2.56. The van der Waals surface area contributed by atoms with Gasteiger partial charge in [0, 0.05) is 5.39 Å². The third-order valence-corrected chi connectivity index (χ3v) is 3.89. The summed E-state index contributed by atoms with van der Waals surface area (Å²) in [7, 11) is 0. The van der Waals surface area contributed by atoms with Crippen LogP contribution in [0.15, 0.2) is 59.0 Å². The van der Waals surface area contributed by atoms with Gasteiger partial charge in [-0.25, -0.2) is 4.39 Å².